The number of H-pyrrole nitrogens is 1. The van der Waals surface area contributed by atoms with Gasteiger partial charge in [0, 0.05) is 39.5 Å². The first-order valence-corrected chi connectivity index (χ1v) is 11.1. The lowest BCUT2D eigenvalue weighted by Crippen LogP contribution is -1.99. The normalized spacial score (nSPS) is 11.4. The van der Waals surface area contributed by atoms with Crippen molar-refractivity contribution in [3.05, 3.63) is 89.8 Å². The molecule has 1 N–H and O–H groups in total. The Morgan fingerprint density at radius 2 is 1.94 bits per heavy atom. The molecule has 0 fully saturated rings. The molecule has 33 heavy (non-hydrogen) atoms. The third-order valence-corrected chi connectivity index (χ3v) is 6.26. The molecule has 0 radical (unpaired) electrons. The van der Waals surface area contributed by atoms with Crippen LogP contribution in [0.4, 0.5) is 0 Å². The van der Waals surface area contributed by atoms with Gasteiger partial charge in [0.1, 0.15) is 11.8 Å². The van der Waals surface area contributed by atoms with Crippen molar-refractivity contribution in [3.8, 4) is 23.0 Å². The Labute approximate surface area is 194 Å². The van der Waals surface area contributed by atoms with E-state index in [9.17, 15) is 0 Å². The molecular weight excluding hydrogens is 430 g/mol. The number of imidazole rings is 1. The highest BCUT2D eigenvalue weighted by Crippen LogP contribution is 2.35. The van der Waals surface area contributed by atoms with Crippen molar-refractivity contribution in [2.75, 3.05) is 0 Å². The first-order valence-electron chi connectivity index (χ1n) is 10.7. The van der Waals surface area contributed by atoms with Crippen LogP contribution in [0.5, 0.6) is 0 Å². The van der Waals surface area contributed by atoms with E-state index in [0.29, 0.717) is 17.9 Å². The molecule has 6 heteroatoms. The van der Waals surface area contributed by atoms with Gasteiger partial charge in [0.05, 0.1) is 28.5 Å². The molecule has 0 aliphatic carbocycles. The molecule has 3 aromatic carbocycles. The van der Waals surface area contributed by atoms with Gasteiger partial charge in [0.15, 0.2) is 0 Å². The Morgan fingerprint density at radius 3 is 2.85 bits per heavy atom. The quantitative estimate of drug-likeness (QED) is 0.322. The van der Waals surface area contributed by atoms with Gasteiger partial charge >= 0.3 is 0 Å². The molecule has 5 nitrogen and oxygen atoms in total. The number of para-hydroxylation sites is 1. The van der Waals surface area contributed by atoms with Gasteiger partial charge in [-0.25, -0.2) is 9.97 Å². The van der Waals surface area contributed by atoms with Crippen molar-refractivity contribution in [2.45, 2.75) is 12.8 Å². The van der Waals surface area contributed by atoms with Crippen LogP contribution in [-0.4, -0.2) is 19.5 Å². The molecular formula is C27H18ClN5. The van der Waals surface area contributed by atoms with Gasteiger partial charge in [0.2, 0.25) is 0 Å². The lowest BCUT2D eigenvalue weighted by Gasteiger charge is -2.13. The van der Waals surface area contributed by atoms with Crippen molar-refractivity contribution in [3.63, 3.8) is 0 Å². The second kappa shape index (κ2) is 7.77. The fraction of sp³-hybridized carbons (Fsp3) is 0.0741. The molecule has 158 valence electrons. The smallest absolute Gasteiger partial charge is 0.116 e. The number of hydrogen-bond donors (Lipinski definition) is 1. The molecule has 0 spiro atoms. The minimum Gasteiger partial charge on any atom is -0.361 e. The van der Waals surface area contributed by atoms with E-state index >= 15 is 0 Å². The average Bonchev–Trinajstić information content (AvgIpc) is 3.49. The fourth-order valence-corrected chi connectivity index (χ4v) is 4.65. The molecule has 0 saturated heterocycles. The number of nitrogens with one attached hydrogen (secondary N) is 1. The van der Waals surface area contributed by atoms with Crippen LogP contribution in [0.1, 0.15) is 12.0 Å². The van der Waals surface area contributed by atoms with E-state index in [4.69, 9.17) is 26.8 Å². The van der Waals surface area contributed by atoms with Gasteiger partial charge in [-0.05, 0) is 54.4 Å². The topological polar surface area (TPSA) is 70.3 Å². The van der Waals surface area contributed by atoms with E-state index in [1.807, 2.05) is 42.9 Å². The maximum atomic E-state index is 9.12. The first-order chi connectivity index (χ1) is 16.2. The summed E-state index contributed by atoms with van der Waals surface area (Å²) in [6.45, 7) is 0. The van der Waals surface area contributed by atoms with Gasteiger partial charge in [0.25, 0.3) is 0 Å². The summed E-state index contributed by atoms with van der Waals surface area (Å²) in [4.78, 5) is 13.1. The van der Waals surface area contributed by atoms with Crippen molar-refractivity contribution in [1.82, 2.24) is 19.5 Å². The van der Waals surface area contributed by atoms with Crippen LogP contribution < -0.4 is 0 Å². The summed E-state index contributed by atoms with van der Waals surface area (Å²) < 4.78 is 2.11. The van der Waals surface area contributed by atoms with E-state index in [-0.39, 0.29) is 0 Å². The van der Waals surface area contributed by atoms with E-state index < -0.39 is 0 Å². The summed E-state index contributed by atoms with van der Waals surface area (Å²) in [6, 6.07) is 24.5. The zero-order valence-electron chi connectivity index (χ0n) is 17.6. The molecule has 0 unspecified atom stereocenters. The lowest BCUT2D eigenvalue weighted by molar-refractivity contribution is 0.970. The number of benzene rings is 3. The van der Waals surface area contributed by atoms with Gasteiger partial charge in [-0.2, -0.15) is 5.26 Å². The number of halogens is 1. The predicted molar refractivity (Wildman–Crippen MR) is 133 cm³/mol. The summed E-state index contributed by atoms with van der Waals surface area (Å²) in [5.74, 6) is 0. The Morgan fingerprint density at radius 1 is 1.03 bits per heavy atom. The minimum atomic E-state index is 0.462. The van der Waals surface area contributed by atoms with Crippen LogP contribution in [0.3, 0.4) is 0 Å². The molecule has 0 bridgehead atoms. The van der Waals surface area contributed by atoms with E-state index in [1.165, 1.54) is 0 Å². The zero-order valence-corrected chi connectivity index (χ0v) is 18.3. The van der Waals surface area contributed by atoms with Crippen molar-refractivity contribution < 1.29 is 0 Å². The summed E-state index contributed by atoms with van der Waals surface area (Å²) in [5.41, 5.74) is 7.64. The SMILES string of the molecule is N#CCCc1ccccc1-n1cnc2c(-c3ccc4[nH]ccc4c3)nc3cc(Cl)ccc3c21. The number of pyridine rings is 1. The lowest BCUT2D eigenvalue weighted by atomic mass is 10.0. The van der Waals surface area contributed by atoms with Gasteiger partial charge in [-0.1, -0.05) is 35.9 Å². The maximum absolute atomic E-state index is 9.12. The summed E-state index contributed by atoms with van der Waals surface area (Å²) in [7, 11) is 0. The van der Waals surface area contributed by atoms with E-state index in [1.54, 1.807) is 0 Å². The van der Waals surface area contributed by atoms with Crippen LogP contribution in [0.25, 0.3) is 49.8 Å². The number of fused-ring (bicyclic) bond motifs is 4. The molecule has 3 heterocycles. The Kier molecular flexibility index (Phi) is 4.60. The van der Waals surface area contributed by atoms with Crippen molar-refractivity contribution in [1.29, 1.82) is 5.26 Å². The Bertz CT molecular complexity index is 1700. The first kappa shape index (κ1) is 19.5. The van der Waals surface area contributed by atoms with Crippen LogP contribution >= 0.6 is 11.6 Å². The maximum Gasteiger partial charge on any atom is 0.116 e. The number of hydrogen-bond acceptors (Lipinski definition) is 3. The third-order valence-electron chi connectivity index (χ3n) is 6.02. The Hall–Kier alpha value is -4.14. The molecule has 3 aromatic heterocycles. The molecule has 6 aromatic rings. The van der Waals surface area contributed by atoms with Gasteiger partial charge in [-0.15, -0.1) is 0 Å². The van der Waals surface area contributed by atoms with Crippen LogP contribution in [0, 0.1) is 11.3 Å². The summed E-state index contributed by atoms with van der Waals surface area (Å²) in [5, 5.41) is 11.9. The molecule has 0 aliphatic rings. The highest BCUT2D eigenvalue weighted by atomic mass is 35.5. The second-order valence-electron chi connectivity index (χ2n) is 8.00. The number of nitriles is 1. The third kappa shape index (κ3) is 3.24. The van der Waals surface area contributed by atoms with Crippen LogP contribution in [0.2, 0.25) is 5.02 Å². The van der Waals surface area contributed by atoms with Crippen LogP contribution in [-0.2, 0) is 6.42 Å². The Balaban J connectivity index is 1.67. The number of aromatic nitrogens is 4. The number of nitrogens with zero attached hydrogens (tertiary/aromatic N) is 4. The zero-order chi connectivity index (χ0) is 22.4. The highest BCUT2D eigenvalue weighted by molar-refractivity contribution is 6.31. The van der Waals surface area contributed by atoms with Crippen molar-refractivity contribution >= 4 is 44.4 Å². The molecule has 0 saturated carbocycles. The molecule has 0 atom stereocenters. The fourth-order valence-electron chi connectivity index (χ4n) is 4.48. The predicted octanol–water partition coefficient (Wildman–Crippen LogP) is 6.83. The average molecular weight is 448 g/mol. The number of aromatic amines is 1. The minimum absolute atomic E-state index is 0.462. The summed E-state index contributed by atoms with van der Waals surface area (Å²) >= 11 is 6.35. The van der Waals surface area contributed by atoms with E-state index in [0.717, 1.165) is 55.3 Å². The number of aryl methyl sites for hydroxylation is 1. The molecule has 6 rings (SSSR count). The van der Waals surface area contributed by atoms with Crippen LogP contribution in [0.15, 0.2) is 79.3 Å². The van der Waals surface area contributed by atoms with Crippen molar-refractivity contribution in [2.24, 2.45) is 0 Å². The van der Waals surface area contributed by atoms with E-state index in [2.05, 4.69) is 52.0 Å². The van der Waals surface area contributed by atoms with Gasteiger partial charge in [-0.3, -0.25) is 4.57 Å². The second-order valence-corrected chi connectivity index (χ2v) is 8.44. The monoisotopic (exact) mass is 447 g/mol. The molecule has 0 aliphatic heterocycles. The highest BCUT2D eigenvalue weighted by Gasteiger charge is 2.18. The number of rotatable bonds is 4. The standard InChI is InChI=1S/C27H18ClN5/c28-20-8-9-21-23(15-20)32-25(19-7-10-22-18(14-19)11-13-30-22)26-27(21)33(16-31-26)24-6-2-1-4-17(24)5-3-12-29/h1-2,4,6-11,13-16,30H,3,5H2. The summed E-state index contributed by atoms with van der Waals surface area (Å²) in [6.07, 6.45) is 4.93. The van der Waals surface area contributed by atoms with Gasteiger partial charge < -0.3 is 4.98 Å². The largest absolute Gasteiger partial charge is 0.361 e. The molecule has 0 amide bonds.